The maximum atomic E-state index is 15.1. The van der Waals surface area contributed by atoms with Gasteiger partial charge in [0.2, 0.25) is 17.8 Å². The summed E-state index contributed by atoms with van der Waals surface area (Å²) < 4.78 is 41.2. The number of aromatic amines is 1. The summed E-state index contributed by atoms with van der Waals surface area (Å²) in [6.45, 7) is -0.641. The number of imidazole rings is 1. The Labute approximate surface area is 146 Å². The van der Waals surface area contributed by atoms with Gasteiger partial charge in [0.1, 0.15) is 6.10 Å². The Morgan fingerprint density at radius 1 is 1.52 bits per heavy atom. The highest BCUT2D eigenvalue weighted by Crippen LogP contribution is 2.56. The minimum atomic E-state index is -4.66. The number of hydrogen-bond acceptors (Lipinski definition) is 11. The van der Waals surface area contributed by atoms with Crippen molar-refractivity contribution in [3.63, 3.8) is 0 Å². The van der Waals surface area contributed by atoms with Crippen LogP contribution >= 0.6 is 7.82 Å². The second-order valence-electron chi connectivity index (χ2n) is 5.71. The number of phosphoric acid groups is 1. The van der Waals surface area contributed by atoms with Gasteiger partial charge in [-0.05, 0) is 4.92 Å². The molecule has 27 heavy (non-hydrogen) atoms. The van der Waals surface area contributed by atoms with Gasteiger partial charge in [0.05, 0.1) is 6.61 Å². The molecule has 0 bridgehead atoms. The molecule has 5 unspecified atom stereocenters. The molecule has 0 amide bonds. The first-order valence-electron chi connectivity index (χ1n) is 7.16. The summed E-state index contributed by atoms with van der Waals surface area (Å²) in [5.41, 5.74) is 3.36. The van der Waals surface area contributed by atoms with E-state index in [-0.39, 0.29) is 0 Å². The summed E-state index contributed by atoms with van der Waals surface area (Å²) in [5.74, 6) is -5.08. The van der Waals surface area contributed by atoms with Crippen molar-refractivity contribution in [3.05, 3.63) is 20.5 Å². The summed E-state index contributed by atoms with van der Waals surface area (Å²) >= 11 is 0. The Bertz CT molecular complexity index is 1070. The van der Waals surface area contributed by atoms with E-state index in [1.54, 1.807) is 0 Å². The molecule has 2 aromatic heterocycles. The molecule has 15 nitrogen and oxygen atoms in total. The van der Waals surface area contributed by atoms with Crippen molar-refractivity contribution in [2.45, 2.75) is 24.3 Å². The van der Waals surface area contributed by atoms with Gasteiger partial charge in [-0.15, -0.1) is 0 Å². The van der Waals surface area contributed by atoms with E-state index in [0.29, 0.717) is 4.57 Å². The predicted molar refractivity (Wildman–Crippen MR) is 79.8 cm³/mol. The highest BCUT2D eigenvalue weighted by molar-refractivity contribution is 7.47. The van der Waals surface area contributed by atoms with E-state index >= 15 is 4.39 Å². The van der Waals surface area contributed by atoms with Crippen LogP contribution in [0.3, 0.4) is 0 Å². The molecule has 2 aromatic rings. The van der Waals surface area contributed by atoms with E-state index in [1.165, 1.54) is 0 Å². The fourth-order valence-electron chi connectivity index (χ4n) is 2.92. The van der Waals surface area contributed by atoms with Crippen molar-refractivity contribution in [2.24, 2.45) is 0 Å². The van der Waals surface area contributed by atoms with Crippen molar-refractivity contribution >= 4 is 30.9 Å². The first kappa shape index (κ1) is 17.9. The zero-order valence-electron chi connectivity index (χ0n) is 12.9. The minimum absolute atomic E-state index is 0.408. The Balaban J connectivity index is 1.92. The van der Waals surface area contributed by atoms with E-state index in [1.807, 2.05) is 0 Å². The first-order valence-corrected chi connectivity index (χ1v) is 8.65. The minimum Gasteiger partial charge on any atom is -0.390 e. The van der Waals surface area contributed by atoms with Gasteiger partial charge in [0, 0.05) is 0 Å². The average Bonchev–Trinajstić information content (AvgIpc) is 3.03. The monoisotopic (exact) mass is 408 g/mol. The van der Waals surface area contributed by atoms with Gasteiger partial charge in [-0.25, -0.2) is 8.96 Å². The molecule has 2 saturated heterocycles. The molecule has 0 aliphatic carbocycles. The van der Waals surface area contributed by atoms with Crippen LogP contribution in [-0.2, 0) is 18.3 Å². The van der Waals surface area contributed by atoms with Gasteiger partial charge in [-0.2, -0.15) is 9.55 Å². The third-order valence-corrected chi connectivity index (χ3v) is 4.95. The van der Waals surface area contributed by atoms with Crippen LogP contribution in [0.5, 0.6) is 0 Å². The number of nitrogens with one attached hydrogen (secondary N) is 1. The van der Waals surface area contributed by atoms with Crippen molar-refractivity contribution in [1.29, 1.82) is 0 Å². The SMILES string of the molecule is Nc1nc2c(nc([N+](=O)[O-])n2C2OC3COP(=O)(O)OC3C2(O)F)c(=O)[nH]1. The smallest absolute Gasteiger partial charge is 0.390 e. The van der Waals surface area contributed by atoms with Gasteiger partial charge >= 0.3 is 13.8 Å². The van der Waals surface area contributed by atoms with Crippen LogP contribution in [0, 0.1) is 10.1 Å². The van der Waals surface area contributed by atoms with E-state index in [4.69, 9.17) is 10.5 Å². The number of aromatic nitrogens is 4. The number of H-pyrrole nitrogens is 1. The van der Waals surface area contributed by atoms with E-state index in [2.05, 4.69) is 24.0 Å². The maximum Gasteiger partial charge on any atom is 0.472 e. The Morgan fingerprint density at radius 2 is 2.22 bits per heavy atom. The van der Waals surface area contributed by atoms with E-state index < -0.39 is 72.3 Å². The zero-order valence-corrected chi connectivity index (χ0v) is 13.8. The molecule has 0 saturated carbocycles. The quantitative estimate of drug-likeness (QED) is 0.258. The van der Waals surface area contributed by atoms with Crippen LogP contribution in [0.1, 0.15) is 6.23 Å². The number of hydrogen-bond donors (Lipinski definition) is 4. The number of ether oxygens (including phenoxy) is 1. The van der Waals surface area contributed by atoms with Gasteiger partial charge in [0.25, 0.3) is 16.9 Å². The number of alkyl halides is 1. The van der Waals surface area contributed by atoms with Crippen LogP contribution in [0.4, 0.5) is 16.3 Å². The number of fused-ring (bicyclic) bond motifs is 2. The number of aliphatic hydroxyl groups is 1. The molecular weight excluding hydrogens is 398 g/mol. The summed E-state index contributed by atoms with van der Waals surface area (Å²) in [4.78, 5) is 40.7. The van der Waals surface area contributed by atoms with Gasteiger partial charge < -0.3 is 30.6 Å². The Hall–Kier alpha value is -2.49. The fourth-order valence-corrected chi connectivity index (χ4v) is 3.89. The number of nitrogens with two attached hydrogens (primary N) is 1. The highest BCUT2D eigenvalue weighted by Gasteiger charge is 2.65. The van der Waals surface area contributed by atoms with Crippen LogP contribution in [0.25, 0.3) is 11.2 Å². The number of nitrogen functional groups attached to an aromatic ring is 1. The molecule has 4 heterocycles. The molecule has 2 aliphatic rings. The second-order valence-corrected chi connectivity index (χ2v) is 7.11. The molecule has 5 N–H and O–H groups in total. The topological polar surface area (TPSA) is 218 Å². The lowest BCUT2D eigenvalue weighted by Crippen LogP contribution is -2.46. The molecular formula is C10H10FN6O9P. The molecule has 5 atom stereocenters. The number of nitrogens with zero attached hydrogens (tertiary/aromatic N) is 4. The molecule has 0 radical (unpaired) electrons. The van der Waals surface area contributed by atoms with Crippen LogP contribution in [0.15, 0.2) is 4.79 Å². The van der Waals surface area contributed by atoms with Crippen LogP contribution in [0.2, 0.25) is 0 Å². The van der Waals surface area contributed by atoms with E-state index in [0.717, 1.165) is 0 Å². The van der Waals surface area contributed by atoms with Crippen molar-refractivity contribution in [3.8, 4) is 0 Å². The number of anilines is 1. The van der Waals surface area contributed by atoms with E-state index in [9.17, 15) is 29.5 Å². The number of nitro groups is 1. The number of halogens is 1. The molecule has 4 rings (SSSR count). The predicted octanol–water partition coefficient (Wildman–Crippen LogP) is -1.32. The summed E-state index contributed by atoms with van der Waals surface area (Å²) in [6.07, 6.45) is -5.60. The summed E-state index contributed by atoms with van der Waals surface area (Å²) in [7, 11) is -4.66. The van der Waals surface area contributed by atoms with Gasteiger partial charge in [0.15, 0.2) is 6.10 Å². The molecule has 2 aliphatic heterocycles. The Kier molecular flexibility index (Phi) is 3.65. The normalized spacial score (nSPS) is 36.0. The van der Waals surface area contributed by atoms with Crippen LogP contribution < -0.4 is 11.3 Å². The lowest BCUT2D eigenvalue weighted by Gasteiger charge is -2.30. The van der Waals surface area contributed by atoms with Crippen molar-refractivity contribution in [1.82, 2.24) is 19.5 Å². The number of phosphoric ester groups is 1. The molecule has 2 fully saturated rings. The molecule has 17 heteroatoms. The van der Waals surface area contributed by atoms with Crippen molar-refractivity contribution in [2.75, 3.05) is 12.3 Å². The third-order valence-electron chi connectivity index (χ3n) is 3.98. The largest absolute Gasteiger partial charge is 0.472 e. The first-order chi connectivity index (χ1) is 12.5. The fraction of sp³-hybridized carbons (Fsp3) is 0.500. The Morgan fingerprint density at radius 3 is 2.89 bits per heavy atom. The lowest BCUT2D eigenvalue weighted by atomic mass is 10.1. The summed E-state index contributed by atoms with van der Waals surface area (Å²) in [6, 6.07) is 0. The van der Waals surface area contributed by atoms with Crippen LogP contribution in [-0.4, -0.2) is 59.1 Å². The summed E-state index contributed by atoms with van der Waals surface area (Å²) in [5, 5.41) is 21.6. The number of rotatable bonds is 2. The second kappa shape index (κ2) is 5.51. The van der Waals surface area contributed by atoms with Gasteiger partial charge in [-0.1, -0.05) is 4.98 Å². The van der Waals surface area contributed by atoms with Gasteiger partial charge in [-0.3, -0.25) is 18.8 Å². The molecule has 0 aromatic carbocycles. The highest BCUT2D eigenvalue weighted by atomic mass is 31.2. The molecule has 0 spiro atoms. The average molecular weight is 408 g/mol. The third kappa shape index (κ3) is 2.61. The standard InChI is InChI=1S/C10H10FN6O9P/c11-10(19)4-2(1-24-27(22,23)26-4)25-7(10)16-5-3(13-9(16)17(20)21)6(18)15-8(12)14-5/h2,4,7,19H,1H2,(H,22,23)(H3,12,14,15,18). The zero-order chi connectivity index (χ0) is 19.7. The maximum absolute atomic E-state index is 15.1. The molecule has 146 valence electrons. The van der Waals surface area contributed by atoms with Crippen molar-refractivity contribution < 1.29 is 37.7 Å². The lowest BCUT2D eigenvalue weighted by molar-refractivity contribution is -0.399.